The zero-order chi connectivity index (χ0) is 14.5. The molecular weight excluding hydrogens is 295 g/mol. The molecule has 0 spiro atoms. The van der Waals surface area contributed by atoms with Gasteiger partial charge in [-0.15, -0.1) is 0 Å². The molecule has 1 N–H and O–H groups in total. The van der Waals surface area contributed by atoms with Crippen molar-refractivity contribution in [3.63, 3.8) is 0 Å². The maximum Gasteiger partial charge on any atom is 0.234 e. The summed E-state index contributed by atoms with van der Waals surface area (Å²) in [5.41, 5.74) is 0. The van der Waals surface area contributed by atoms with E-state index in [0.717, 1.165) is 25.8 Å². The minimum absolute atomic E-state index is 0.212. The van der Waals surface area contributed by atoms with Crippen molar-refractivity contribution >= 4 is 29.0 Å². The van der Waals surface area contributed by atoms with Crippen LogP contribution in [0.15, 0.2) is 6.07 Å². The van der Waals surface area contributed by atoms with Crippen LogP contribution in [0, 0.1) is 5.92 Å². The Kier molecular flexibility index (Phi) is 5.79. The first-order valence-electron chi connectivity index (χ1n) is 7.36. The van der Waals surface area contributed by atoms with Gasteiger partial charge in [-0.2, -0.15) is 4.98 Å². The first-order chi connectivity index (χ1) is 9.60. The van der Waals surface area contributed by atoms with E-state index in [1.807, 2.05) is 0 Å². The van der Waals surface area contributed by atoms with Crippen LogP contribution in [0.25, 0.3) is 0 Å². The smallest absolute Gasteiger partial charge is 0.234 e. The maximum atomic E-state index is 6.19. The Morgan fingerprint density at radius 2 is 2.15 bits per heavy atom. The van der Waals surface area contributed by atoms with Crippen LogP contribution in [0.1, 0.15) is 46.0 Å². The summed E-state index contributed by atoms with van der Waals surface area (Å²) >= 11 is 12.3. The first-order valence-corrected chi connectivity index (χ1v) is 8.12. The number of rotatable bonds is 5. The lowest BCUT2D eigenvalue weighted by molar-refractivity contribution is 0.124. The fraction of sp³-hybridized carbons (Fsp3) is 0.667. The monoisotopic (exact) mass is 316 g/mol. The Labute approximate surface area is 131 Å². The summed E-state index contributed by atoms with van der Waals surface area (Å²) in [6.07, 6.45) is 5.85. The average molecular weight is 317 g/mol. The zero-order valence-corrected chi connectivity index (χ0v) is 13.6. The van der Waals surface area contributed by atoms with Gasteiger partial charge in [-0.1, -0.05) is 43.5 Å². The number of hydrogen-bond donors (Lipinski definition) is 1. The van der Waals surface area contributed by atoms with Crippen molar-refractivity contribution < 1.29 is 4.74 Å². The second kappa shape index (κ2) is 7.37. The highest BCUT2D eigenvalue weighted by atomic mass is 35.5. The van der Waals surface area contributed by atoms with E-state index in [1.54, 1.807) is 6.07 Å². The molecule has 0 aliphatic heterocycles. The molecular formula is C15H22Cl2N2O. The number of pyridine rings is 1. The highest BCUT2D eigenvalue weighted by Crippen LogP contribution is 2.34. The van der Waals surface area contributed by atoms with Gasteiger partial charge in [0.1, 0.15) is 16.9 Å². The molecule has 1 saturated carbocycles. The number of ether oxygens (including phenoxy) is 1. The van der Waals surface area contributed by atoms with Crippen molar-refractivity contribution in [2.75, 3.05) is 11.9 Å². The van der Waals surface area contributed by atoms with Gasteiger partial charge < -0.3 is 10.1 Å². The van der Waals surface area contributed by atoms with E-state index in [1.165, 1.54) is 12.8 Å². The number of nitrogens with one attached hydrogen (secondary N) is 1. The Morgan fingerprint density at radius 1 is 1.35 bits per heavy atom. The predicted molar refractivity (Wildman–Crippen MR) is 85.1 cm³/mol. The molecule has 1 aromatic heterocycles. The second-order valence-electron chi connectivity index (χ2n) is 5.54. The van der Waals surface area contributed by atoms with Crippen LogP contribution in [-0.4, -0.2) is 17.6 Å². The highest BCUT2D eigenvalue weighted by molar-refractivity contribution is 6.36. The van der Waals surface area contributed by atoms with Gasteiger partial charge in [0.2, 0.25) is 5.88 Å². The van der Waals surface area contributed by atoms with E-state index in [2.05, 4.69) is 24.1 Å². The summed E-state index contributed by atoms with van der Waals surface area (Å²) in [5, 5.41) is 4.21. The van der Waals surface area contributed by atoms with Crippen molar-refractivity contribution in [1.29, 1.82) is 0 Å². The minimum atomic E-state index is 0.212. The summed E-state index contributed by atoms with van der Waals surface area (Å²) in [6, 6.07) is 1.70. The molecule has 2 unspecified atom stereocenters. The molecule has 112 valence electrons. The molecule has 0 aromatic carbocycles. The Morgan fingerprint density at radius 3 is 2.85 bits per heavy atom. The fourth-order valence-corrected chi connectivity index (χ4v) is 3.01. The Balaban J connectivity index is 2.09. The summed E-state index contributed by atoms with van der Waals surface area (Å²) in [5.74, 6) is 1.85. The van der Waals surface area contributed by atoms with E-state index >= 15 is 0 Å². The lowest BCUT2D eigenvalue weighted by Gasteiger charge is -2.27. The molecule has 0 amide bonds. The van der Waals surface area contributed by atoms with Gasteiger partial charge in [0, 0.05) is 6.54 Å². The molecule has 1 aromatic rings. The molecule has 2 atom stereocenters. The maximum absolute atomic E-state index is 6.19. The lowest BCUT2D eigenvalue weighted by Crippen LogP contribution is -2.24. The third-order valence-corrected chi connectivity index (χ3v) is 4.17. The van der Waals surface area contributed by atoms with Gasteiger partial charge in [-0.05, 0) is 37.7 Å². The number of aromatic nitrogens is 1. The zero-order valence-electron chi connectivity index (χ0n) is 12.1. The van der Waals surface area contributed by atoms with Crippen LogP contribution in [0.3, 0.4) is 0 Å². The van der Waals surface area contributed by atoms with Crippen LogP contribution in [0.5, 0.6) is 5.88 Å². The summed E-state index contributed by atoms with van der Waals surface area (Å²) in [6.45, 7) is 5.19. The van der Waals surface area contributed by atoms with Crippen LogP contribution in [0.4, 0.5) is 5.82 Å². The Bertz CT molecular complexity index is 454. The van der Waals surface area contributed by atoms with Crippen LogP contribution >= 0.6 is 23.2 Å². The topological polar surface area (TPSA) is 34.2 Å². The van der Waals surface area contributed by atoms with E-state index in [4.69, 9.17) is 27.9 Å². The summed E-state index contributed by atoms with van der Waals surface area (Å²) in [4.78, 5) is 4.43. The van der Waals surface area contributed by atoms with Gasteiger partial charge in [0.05, 0.1) is 5.02 Å². The van der Waals surface area contributed by atoms with Crippen LogP contribution < -0.4 is 10.1 Å². The van der Waals surface area contributed by atoms with Gasteiger partial charge in [-0.25, -0.2) is 0 Å². The van der Waals surface area contributed by atoms with Gasteiger partial charge in [0.15, 0.2) is 0 Å². The molecule has 0 saturated heterocycles. The molecule has 0 radical (unpaired) electrons. The van der Waals surface area contributed by atoms with E-state index < -0.39 is 0 Å². The standard InChI is InChI=1S/C15H22Cl2N2O/c1-3-7-18-14-12(16)9-13(17)15(19-14)20-11-6-4-5-10(2)8-11/h9-11H,3-8H2,1-2H3,(H,18,19). The number of hydrogen-bond acceptors (Lipinski definition) is 3. The molecule has 3 nitrogen and oxygen atoms in total. The molecule has 2 rings (SSSR count). The first kappa shape index (κ1) is 15.7. The van der Waals surface area contributed by atoms with Crippen molar-refractivity contribution in [2.24, 2.45) is 5.92 Å². The molecule has 20 heavy (non-hydrogen) atoms. The highest BCUT2D eigenvalue weighted by Gasteiger charge is 2.22. The lowest BCUT2D eigenvalue weighted by atomic mass is 9.89. The third-order valence-electron chi connectivity index (χ3n) is 3.61. The number of nitrogens with zero attached hydrogens (tertiary/aromatic N) is 1. The molecule has 5 heteroatoms. The molecule has 1 aliphatic carbocycles. The summed E-state index contributed by atoms with van der Waals surface area (Å²) in [7, 11) is 0. The van der Waals surface area contributed by atoms with E-state index in [-0.39, 0.29) is 6.10 Å². The van der Waals surface area contributed by atoms with E-state index in [9.17, 15) is 0 Å². The molecule has 1 heterocycles. The summed E-state index contributed by atoms with van der Waals surface area (Å²) < 4.78 is 5.99. The Hall–Kier alpha value is -0.670. The van der Waals surface area contributed by atoms with Crippen molar-refractivity contribution in [2.45, 2.75) is 52.1 Å². The quantitative estimate of drug-likeness (QED) is 0.813. The fourth-order valence-electron chi connectivity index (χ4n) is 2.54. The van der Waals surface area contributed by atoms with Crippen LogP contribution in [-0.2, 0) is 0 Å². The van der Waals surface area contributed by atoms with Gasteiger partial charge in [0.25, 0.3) is 0 Å². The van der Waals surface area contributed by atoms with Gasteiger partial charge in [-0.3, -0.25) is 0 Å². The third kappa shape index (κ3) is 4.16. The number of halogens is 2. The second-order valence-corrected chi connectivity index (χ2v) is 6.36. The van der Waals surface area contributed by atoms with Crippen molar-refractivity contribution in [1.82, 2.24) is 4.98 Å². The van der Waals surface area contributed by atoms with Crippen LogP contribution in [0.2, 0.25) is 10.0 Å². The van der Waals surface area contributed by atoms with Crippen molar-refractivity contribution in [3.05, 3.63) is 16.1 Å². The average Bonchev–Trinajstić information content (AvgIpc) is 2.40. The minimum Gasteiger partial charge on any atom is -0.473 e. The predicted octanol–water partition coefficient (Wildman–Crippen LogP) is 5.17. The van der Waals surface area contributed by atoms with Gasteiger partial charge >= 0.3 is 0 Å². The van der Waals surface area contributed by atoms with E-state index in [0.29, 0.717) is 27.7 Å². The largest absolute Gasteiger partial charge is 0.473 e. The van der Waals surface area contributed by atoms with Crippen molar-refractivity contribution in [3.8, 4) is 5.88 Å². The molecule has 0 bridgehead atoms. The molecule has 1 fully saturated rings. The normalized spacial score (nSPS) is 22.6. The molecule has 1 aliphatic rings. The number of anilines is 1. The SMILES string of the molecule is CCCNc1nc(OC2CCCC(C)C2)c(Cl)cc1Cl.